The van der Waals surface area contributed by atoms with Gasteiger partial charge < -0.3 is 4.90 Å². The van der Waals surface area contributed by atoms with E-state index in [2.05, 4.69) is 16.8 Å². The van der Waals surface area contributed by atoms with Crippen LogP contribution >= 0.6 is 0 Å². The van der Waals surface area contributed by atoms with Crippen LogP contribution in [-0.4, -0.2) is 32.7 Å². The number of anilines is 1. The lowest BCUT2D eigenvalue weighted by Crippen LogP contribution is -2.25. The second-order valence-electron chi connectivity index (χ2n) is 6.09. The van der Waals surface area contributed by atoms with Crippen molar-refractivity contribution < 1.29 is 8.42 Å². The van der Waals surface area contributed by atoms with Gasteiger partial charge in [0.1, 0.15) is 5.82 Å². The van der Waals surface area contributed by atoms with Crippen molar-refractivity contribution in [3.63, 3.8) is 0 Å². The first kappa shape index (κ1) is 12.9. The molecule has 1 saturated heterocycles. The highest BCUT2D eigenvalue weighted by Gasteiger charge is 2.58. The van der Waals surface area contributed by atoms with Crippen molar-refractivity contribution in [1.82, 2.24) is 4.98 Å². The lowest BCUT2D eigenvalue weighted by molar-refractivity contribution is 0.509. The van der Waals surface area contributed by atoms with Crippen LogP contribution < -0.4 is 4.90 Å². The van der Waals surface area contributed by atoms with Crippen molar-refractivity contribution in [3.8, 4) is 0 Å². The first-order valence-corrected chi connectivity index (χ1v) is 8.85. The molecular weight excluding hydrogens is 260 g/mol. The van der Waals surface area contributed by atoms with Gasteiger partial charge in [-0.25, -0.2) is 13.4 Å². The summed E-state index contributed by atoms with van der Waals surface area (Å²) in [5.74, 6) is 1.90. The van der Waals surface area contributed by atoms with Crippen LogP contribution in [0.1, 0.15) is 25.3 Å². The molecule has 0 N–H and O–H groups in total. The van der Waals surface area contributed by atoms with Crippen LogP contribution in [0.5, 0.6) is 0 Å². The fraction of sp³-hybridized carbons (Fsp3) is 0.643. The van der Waals surface area contributed by atoms with E-state index in [-0.39, 0.29) is 5.75 Å². The molecule has 0 bridgehead atoms. The van der Waals surface area contributed by atoms with E-state index in [9.17, 15) is 8.42 Å². The van der Waals surface area contributed by atoms with Crippen LogP contribution in [-0.2, 0) is 15.6 Å². The normalized spacial score (nSPS) is 29.4. The van der Waals surface area contributed by atoms with Crippen LogP contribution in [0.15, 0.2) is 18.3 Å². The van der Waals surface area contributed by atoms with Gasteiger partial charge in [0.15, 0.2) is 9.84 Å². The minimum absolute atomic E-state index is 0.0712. The summed E-state index contributed by atoms with van der Waals surface area (Å²) in [6.45, 7) is 4.48. The Kier molecular flexibility index (Phi) is 2.85. The van der Waals surface area contributed by atoms with Crippen molar-refractivity contribution in [1.29, 1.82) is 0 Å². The first-order valence-electron chi connectivity index (χ1n) is 6.79. The molecule has 1 aromatic heterocycles. The van der Waals surface area contributed by atoms with Crippen molar-refractivity contribution in [2.24, 2.45) is 11.3 Å². The average Bonchev–Trinajstić information content (AvgIpc) is 2.91. The third kappa shape index (κ3) is 2.48. The SMILES string of the molecule is CCC12CC1CN(c1ccc(CS(C)(=O)=O)cn1)C2. The molecule has 2 aliphatic rings. The van der Waals surface area contributed by atoms with E-state index in [4.69, 9.17) is 0 Å². The van der Waals surface area contributed by atoms with Crippen molar-refractivity contribution in [2.75, 3.05) is 24.2 Å². The fourth-order valence-corrected chi connectivity index (χ4v) is 4.08. The maximum absolute atomic E-state index is 11.2. The Morgan fingerprint density at radius 3 is 2.79 bits per heavy atom. The Bertz CT molecular complexity index is 578. The summed E-state index contributed by atoms with van der Waals surface area (Å²) in [6, 6.07) is 3.83. The van der Waals surface area contributed by atoms with Gasteiger partial charge in [-0.1, -0.05) is 13.0 Å². The van der Waals surface area contributed by atoms with Gasteiger partial charge in [0.05, 0.1) is 5.75 Å². The minimum Gasteiger partial charge on any atom is -0.356 e. The molecule has 5 heteroatoms. The molecule has 1 aromatic rings. The van der Waals surface area contributed by atoms with E-state index in [0.717, 1.165) is 30.4 Å². The molecule has 1 aliphatic heterocycles. The van der Waals surface area contributed by atoms with Crippen molar-refractivity contribution >= 4 is 15.7 Å². The molecule has 4 nitrogen and oxygen atoms in total. The van der Waals surface area contributed by atoms with Crippen LogP contribution in [0.3, 0.4) is 0 Å². The summed E-state index contributed by atoms with van der Waals surface area (Å²) in [6.07, 6.45) is 5.56. The number of pyridine rings is 1. The molecule has 2 fully saturated rings. The van der Waals surface area contributed by atoms with E-state index in [0.29, 0.717) is 5.41 Å². The van der Waals surface area contributed by atoms with E-state index in [1.807, 2.05) is 12.1 Å². The van der Waals surface area contributed by atoms with E-state index in [1.54, 1.807) is 6.20 Å². The van der Waals surface area contributed by atoms with Gasteiger partial charge in [0.25, 0.3) is 0 Å². The zero-order valence-electron chi connectivity index (χ0n) is 11.5. The molecule has 0 aromatic carbocycles. The summed E-state index contributed by atoms with van der Waals surface area (Å²) in [4.78, 5) is 6.76. The molecular formula is C14H20N2O2S. The monoisotopic (exact) mass is 280 g/mol. The van der Waals surface area contributed by atoms with Gasteiger partial charge in [0.2, 0.25) is 0 Å². The van der Waals surface area contributed by atoms with E-state index in [1.165, 1.54) is 19.1 Å². The van der Waals surface area contributed by atoms with Gasteiger partial charge in [-0.05, 0) is 35.8 Å². The second kappa shape index (κ2) is 4.20. The van der Waals surface area contributed by atoms with Crippen LogP contribution in [0.25, 0.3) is 0 Å². The maximum Gasteiger partial charge on any atom is 0.151 e. The Morgan fingerprint density at radius 2 is 2.26 bits per heavy atom. The predicted octanol–water partition coefficient (Wildman–Crippen LogP) is 1.86. The van der Waals surface area contributed by atoms with Gasteiger partial charge >= 0.3 is 0 Å². The molecule has 3 rings (SSSR count). The Labute approximate surface area is 114 Å². The van der Waals surface area contributed by atoms with Gasteiger partial charge in [-0.2, -0.15) is 0 Å². The largest absolute Gasteiger partial charge is 0.356 e. The lowest BCUT2D eigenvalue weighted by Gasteiger charge is -2.21. The molecule has 0 spiro atoms. The molecule has 2 atom stereocenters. The summed E-state index contributed by atoms with van der Waals surface area (Å²) in [5.41, 5.74) is 1.31. The minimum atomic E-state index is -2.98. The van der Waals surface area contributed by atoms with Crippen molar-refractivity contribution in [3.05, 3.63) is 23.9 Å². The third-order valence-electron chi connectivity index (χ3n) is 4.57. The van der Waals surface area contributed by atoms with E-state index < -0.39 is 9.84 Å². The molecule has 0 amide bonds. The number of aromatic nitrogens is 1. The van der Waals surface area contributed by atoms with E-state index >= 15 is 0 Å². The van der Waals surface area contributed by atoms with Crippen molar-refractivity contribution in [2.45, 2.75) is 25.5 Å². The smallest absolute Gasteiger partial charge is 0.151 e. The third-order valence-corrected chi connectivity index (χ3v) is 5.43. The van der Waals surface area contributed by atoms with Crippen LogP contribution in [0, 0.1) is 11.3 Å². The highest BCUT2D eigenvalue weighted by molar-refractivity contribution is 7.89. The van der Waals surface area contributed by atoms with Gasteiger partial charge in [-0.3, -0.25) is 0 Å². The Hall–Kier alpha value is -1.10. The number of sulfone groups is 1. The van der Waals surface area contributed by atoms with Gasteiger partial charge in [0, 0.05) is 25.5 Å². The lowest BCUT2D eigenvalue weighted by atomic mass is 10.0. The number of rotatable bonds is 4. The van der Waals surface area contributed by atoms with Crippen LogP contribution in [0.4, 0.5) is 5.82 Å². The number of hydrogen-bond acceptors (Lipinski definition) is 4. The molecule has 0 radical (unpaired) electrons. The molecule has 2 unspecified atom stereocenters. The first-order chi connectivity index (χ1) is 8.92. The summed E-state index contributed by atoms with van der Waals surface area (Å²) in [7, 11) is -2.98. The summed E-state index contributed by atoms with van der Waals surface area (Å²) >= 11 is 0. The number of nitrogens with zero attached hydrogens (tertiary/aromatic N) is 2. The topological polar surface area (TPSA) is 50.3 Å². The standard InChI is InChI=1S/C14H20N2O2S/c1-3-14-6-12(14)8-16(10-14)13-5-4-11(7-15-13)9-19(2,17)18/h4-5,7,12H,3,6,8-10H2,1-2H3. The van der Waals surface area contributed by atoms with Gasteiger partial charge in [-0.15, -0.1) is 0 Å². The summed E-state index contributed by atoms with van der Waals surface area (Å²) < 4.78 is 22.5. The molecule has 104 valence electrons. The molecule has 1 saturated carbocycles. The molecule has 19 heavy (non-hydrogen) atoms. The average molecular weight is 280 g/mol. The predicted molar refractivity (Wildman–Crippen MR) is 75.8 cm³/mol. The number of hydrogen-bond donors (Lipinski definition) is 0. The van der Waals surface area contributed by atoms with Crippen LogP contribution in [0.2, 0.25) is 0 Å². The highest BCUT2D eigenvalue weighted by Crippen LogP contribution is 2.60. The Morgan fingerprint density at radius 1 is 1.47 bits per heavy atom. The maximum atomic E-state index is 11.2. The summed E-state index contributed by atoms with van der Waals surface area (Å²) in [5, 5.41) is 0. The zero-order chi connectivity index (χ0) is 13.7. The second-order valence-corrected chi connectivity index (χ2v) is 8.23. The quantitative estimate of drug-likeness (QED) is 0.845. The number of fused-ring (bicyclic) bond motifs is 1. The molecule has 2 heterocycles. The highest BCUT2D eigenvalue weighted by atomic mass is 32.2. The fourth-order valence-electron chi connectivity index (χ4n) is 3.31. The molecule has 1 aliphatic carbocycles. The number of piperidine rings is 1. The Balaban J connectivity index is 1.71. The zero-order valence-corrected chi connectivity index (χ0v) is 12.3.